The van der Waals surface area contributed by atoms with E-state index in [1.165, 1.54) is 6.92 Å². The number of hydrogen-bond donors (Lipinski definition) is 1. The van der Waals surface area contributed by atoms with Crippen LogP contribution >= 0.6 is 0 Å². The third-order valence-corrected chi connectivity index (χ3v) is 4.80. The number of ketones is 2. The summed E-state index contributed by atoms with van der Waals surface area (Å²) in [4.78, 5) is 37.0. The summed E-state index contributed by atoms with van der Waals surface area (Å²) in [5.41, 5.74) is -0.717. The monoisotopic (exact) mass is 328 g/mol. The molecule has 0 radical (unpaired) electrons. The summed E-state index contributed by atoms with van der Waals surface area (Å²) >= 11 is 0. The van der Waals surface area contributed by atoms with E-state index in [4.69, 9.17) is 4.42 Å². The Morgan fingerprint density at radius 2 is 1.92 bits per heavy atom. The number of fused-ring (bicyclic) bond motifs is 1. The van der Waals surface area contributed by atoms with Gasteiger partial charge in [-0.25, -0.2) is 4.79 Å². The molecule has 0 aliphatic heterocycles. The number of carbonyl (C=O) groups excluding carboxylic acids is 2. The fourth-order valence-corrected chi connectivity index (χ4v) is 3.84. The molecule has 126 valence electrons. The maximum Gasteiger partial charge on any atom is 0.343 e. The van der Waals surface area contributed by atoms with Crippen LogP contribution in [0.25, 0.3) is 11.0 Å². The summed E-state index contributed by atoms with van der Waals surface area (Å²) in [6, 6.07) is 6.68. The van der Waals surface area contributed by atoms with Crippen molar-refractivity contribution < 1.29 is 19.1 Å². The van der Waals surface area contributed by atoms with Crippen LogP contribution in [0.4, 0.5) is 0 Å². The highest BCUT2D eigenvalue weighted by atomic mass is 16.4. The zero-order valence-corrected chi connectivity index (χ0v) is 14.0. The number of Topliss-reactive ketones (excluding diaryl/α,β-unsaturated/α-hetero) is 2. The van der Waals surface area contributed by atoms with Crippen LogP contribution < -0.4 is 5.63 Å². The minimum absolute atomic E-state index is 0.0371. The molecule has 1 aliphatic carbocycles. The molecule has 5 heteroatoms. The summed E-state index contributed by atoms with van der Waals surface area (Å²) in [6.07, 6.45) is 0.743. The maximum absolute atomic E-state index is 12.5. The Bertz CT molecular complexity index is 890. The van der Waals surface area contributed by atoms with Crippen LogP contribution in [0.1, 0.15) is 45.1 Å². The molecule has 1 aliphatic rings. The fraction of sp³-hybridized carbons (Fsp3) is 0.421. The van der Waals surface area contributed by atoms with Gasteiger partial charge in [0.2, 0.25) is 0 Å². The average Bonchev–Trinajstić information content (AvgIpc) is 2.45. The lowest BCUT2D eigenvalue weighted by Crippen LogP contribution is -2.40. The van der Waals surface area contributed by atoms with Gasteiger partial charge in [-0.05, 0) is 30.9 Å². The third kappa shape index (κ3) is 2.64. The van der Waals surface area contributed by atoms with E-state index in [2.05, 4.69) is 0 Å². The van der Waals surface area contributed by atoms with Crippen LogP contribution in [0, 0.1) is 11.3 Å². The number of rotatable bonds is 2. The van der Waals surface area contributed by atoms with Crippen molar-refractivity contribution in [3.63, 3.8) is 0 Å². The second kappa shape index (κ2) is 5.58. The molecule has 0 bridgehead atoms. The Morgan fingerprint density at radius 3 is 2.58 bits per heavy atom. The number of benzene rings is 1. The molecule has 2 atom stereocenters. The standard InChI is InChI=1S/C19H20O5/c1-10(20)15-12(8-19(2,3)9-13(15)21)16-17(22)11-6-4-5-7-14(11)24-18(16)23/h4-7,12,15,22H,8-9H2,1-3H3. The number of aromatic hydroxyl groups is 1. The van der Waals surface area contributed by atoms with Crippen molar-refractivity contribution in [3.05, 3.63) is 40.2 Å². The van der Waals surface area contributed by atoms with Crippen molar-refractivity contribution in [2.45, 2.75) is 39.5 Å². The van der Waals surface area contributed by atoms with E-state index in [0.717, 1.165) is 0 Å². The zero-order valence-electron chi connectivity index (χ0n) is 14.0. The minimum Gasteiger partial charge on any atom is -0.507 e. The van der Waals surface area contributed by atoms with E-state index in [1.807, 2.05) is 13.8 Å². The molecule has 1 N–H and O–H groups in total. The lowest BCUT2D eigenvalue weighted by Gasteiger charge is -2.38. The molecule has 0 spiro atoms. The molecule has 1 fully saturated rings. The van der Waals surface area contributed by atoms with E-state index in [1.54, 1.807) is 24.3 Å². The van der Waals surface area contributed by atoms with Crippen molar-refractivity contribution >= 4 is 22.5 Å². The van der Waals surface area contributed by atoms with Gasteiger partial charge in [-0.3, -0.25) is 9.59 Å². The van der Waals surface area contributed by atoms with Crippen molar-refractivity contribution in [2.75, 3.05) is 0 Å². The van der Waals surface area contributed by atoms with Gasteiger partial charge in [0.05, 0.1) is 16.9 Å². The van der Waals surface area contributed by atoms with E-state index >= 15 is 0 Å². The van der Waals surface area contributed by atoms with Gasteiger partial charge in [0, 0.05) is 12.3 Å². The maximum atomic E-state index is 12.5. The van der Waals surface area contributed by atoms with Gasteiger partial charge < -0.3 is 9.52 Å². The first-order chi connectivity index (χ1) is 11.2. The molecule has 1 aromatic carbocycles. The fourth-order valence-electron chi connectivity index (χ4n) is 3.84. The van der Waals surface area contributed by atoms with Crippen LogP contribution in [-0.4, -0.2) is 16.7 Å². The van der Waals surface area contributed by atoms with Crippen LogP contribution in [0.15, 0.2) is 33.5 Å². The Kier molecular flexibility index (Phi) is 3.82. The average molecular weight is 328 g/mol. The molecule has 1 saturated carbocycles. The highest BCUT2D eigenvalue weighted by Gasteiger charge is 2.45. The van der Waals surface area contributed by atoms with Gasteiger partial charge in [0.25, 0.3) is 0 Å². The smallest absolute Gasteiger partial charge is 0.343 e. The Hall–Kier alpha value is -2.43. The van der Waals surface area contributed by atoms with Crippen LogP contribution in [-0.2, 0) is 9.59 Å². The predicted molar refractivity (Wildman–Crippen MR) is 89.1 cm³/mol. The summed E-state index contributed by atoms with van der Waals surface area (Å²) in [6.45, 7) is 5.20. The Morgan fingerprint density at radius 1 is 1.25 bits per heavy atom. The molecule has 3 rings (SSSR count). The molecule has 0 amide bonds. The first-order valence-electron chi connectivity index (χ1n) is 7.99. The first kappa shape index (κ1) is 16.4. The van der Waals surface area contributed by atoms with Crippen molar-refractivity contribution in [2.24, 2.45) is 11.3 Å². The van der Waals surface area contributed by atoms with Gasteiger partial charge in [-0.15, -0.1) is 0 Å². The largest absolute Gasteiger partial charge is 0.507 e. The molecule has 2 unspecified atom stereocenters. The molecule has 1 aromatic heterocycles. The Balaban J connectivity index is 2.25. The lowest BCUT2D eigenvalue weighted by atomic mass is 9.63. The number of carbonyl (C=O) groups is 2. The SMILES string of the molecule is CC(=O)C1C(=O)CC(C)(C)CC1c1c(O)c2ccccc2oc1=O. The molecule has 24 heavy (non-hydrogen) atoms. The van der Waals surface area contributed by atoms with Crippen molar-refractivity contribution in [1.82, 2.24) is 0 Å². The molecule has 0 saturated heterocycles. The summed E-state index contributed by atoms with van der Waals surface area (Å²) in [5.74, 6) is -2.24. The first-order valence-corrected chi connectivity index (χ1v) is 7.99. The van der Waals surface area contributed by atoms with Gasteiger partial charge in [-0.2, -0.15) is 0 Å². The third-order valence-electron chi connectivity index (χ3n) is 4.80. The van der Waals surface area contributed by atoms with Crippen molar-refractivity contribution in [3.8, 4) is 5.75 Å². The number of hydrogen-bond acceptors (Lipinski definition) is 5. The molecule has 2 aromatic rings. The summed E-state index contributed by atoms with van der Waals surface area (Å²) in [5, 5.41) is 11.1. The summed E-state index contributed by atoms with van der Waals surface area (Å²) in [7, 11) is 0. The van der Waals surface area contributed by atoms with Crippen LogP contribution in [0.2, 0.25) is 0 Å². The van der Waals surface area contributed by atoms with Crippen LogP contribution in [0.5, 0.6) is 5.75 Å². The highest BCUT2D eigenvalue weighted by molar-refractivity contribution is 6.03. The topological polar surface area (TPSA) is 84.6 Å². The van der Waals surface area contributed by atoms with E-state index < -0.39 is 17.5 Å². The van der Waals surface area contributed by atoms with Crippen LogP contribution in [0.3, 0.4) is 0 Å². The predicted octanol–water partition coefficient (Wildman–Crippen LogP) is 3.18. The van der Waals surface area contributed by atoms with Crippen molar-refractivity contribution in [1.29, 1.82) is 0 Å². The second-order valence-corrected chi connectivity index (χ2v) is 7.35. The van der Waals surface area contributed by atoms with E-state index in [9.17, 15) is 19.5 Å². The summed E-state index contributed by atoms with van der Waals surface area (Å²) < 4.78 is 5.32. The van der Waals surface area contributed by atoms with Gasteiger partial charge in [0.15, 0.2) is 0 Å². The van der Waals surface area contributed by atoms with E-state index in [0.29, 0.717) is 11.8 Å². The lowest BCUT2D eigenvalue weighted by molar-refractivity contribution is -0.136. The molecule has 5 nitrogen and oxygen atoms in total. The quantitative estimate of drug-likeness (QED) is 0.676. The van der Waals surface area contributed by atoms with Gasteiger partial charge >= 0.3 is 5.63 Å². The Labute approximate surface area is 139 Å². The molecular weight excluding hydrogens is 308 g/mol. The minimum atomic E-state index is -0.909. The number of para-hydroxylation sites is 1. The molecular formula is C19H20O5. The second-order valence-electron chi connectivity index (χ2n) is 7.35. The zero-order chi connectivity index (χ0) is 17.6. The van der Waals surface area contributed by atoms with Gasteiger partial charge in [0.1, 0.15) is 22.9 Å². The molecule has 1 heterocycles. The normalized spacial score (nSPS) is 23.4. The highest BCUT2D eigenvalue weighted by Crippen LogP contribution is 2.47. The van der Waals surface area contributed by atoms with E-state index in [-0.39, 0.29) is 40.3 Å². The van der Waals surface area contributed by atoms with Gasteiger partial charge in [-0.1, -0.05) is 26.0 Å².